The topological polar surface area (TPSA) is 29.5 Å². The van der Waals surface area contributed by atoms with Crippen LogP contribution in [0.1, 0.15) is 12.5 Å². The van der Waals surface area contributed by atoms with Gasteiger partial charge in [-0.05, 0) is 37.1 Å². The number of nitrogens with zero attached hydrogens (tertiary/aromatic N) is 1. The maximum atomic E-state index is 13.7. The fourth-order valence-corrected chi connectivity index (χ4v) is 2.52. The van der Waals surface area contributed by atoms with Gasteiger partial charge in [-0.2, -0.15) is 0 Å². The van der Waals surface area contributed by atoms with Gasteiger partial charge in [0.05, 0.1) is 0 Å². The molecule has 0 aromatic heterocycles. The van der Waals surface area contributed by atoms with E-state index in [0.29, 0.717) is 17.6 Å². The predicted molar refractivity (Wildman–Crippen MR) is 92.0 cm³/mol. The zero-order valence-corrected chi connectivity index (χ0v) is 14.6. The van der Waals surface area contributed by atoms with Gasteiger partial charge in [-0.15, -0.1) is 0 Å². The summed E-state index contributed by atoms with van der Waals surface area (Å²) in [4.78, 5) is 13.9. The second-order valence-corrected chi connectivity index (χ2v) is 5.99. The lowest BCUT2D eigenvalue weighted by molar-refractivity contribution is -0.133. The van der Waals surface area contributed by atoms with Crippen LogP contribution in [0.4, 0.5) is 4.39 Å². The number of hydrogen-bond donors (Lipinski definition) is 0. The maximum absolute atomic E-state index is 13.7. The summed E-state index contributed by atoms with van der Waals surface area (Å²) in [7, 11) is 0. The normalized spacial score (nSPS) is 10.4. The molecule has 0 bridgehead atoms. The molecule has 0 saturated heterocycles. The van der Waals surface area contributed by atoms with Crippen LogP contribution in [0, 0.1) is 5.82 Å². The molecule has 0 aliphatic carbocycles. The smallest absolute Gasteiger partial charge is 0.260 e. The standard InChI is InChI=1S/C18H19BrFNO2/c1-2-21(11-10-14-6-4-3-5-7-14)18(22)13-23-17-9-8-15(19)12-16(17)20/h3-9,12H,2,10-11,13H2,1H3. The molecular formula is C18H19BrFNO2. The van der Waals surface area contributed by atoms with Crippen LogP contribution < -0.4 is 4.74 Å². The molecule has 5 heteroatoms. The van der Waals surface area contributed by atoms with E-state index in [-0.39, 0.29) is 18.3 Å². The molecule has 0 radical (unpaired) electrons. The van der Waals surface area contributed by atoms with Crippen molar-refractivity contribution in [2.45, 2.75) is 13.3 Å². The summed E-state index contributed by atoms with van der Waals surface area (Å²) >= 11 is 3.18. The van der Waals surface area contributed by atoms with Gasteiger partial charge in [0, 0.05) is 17.6 Å². The third-order valence-corrected chi connectivity index (χ3v) is 3.99. The number of benzene rings is 2. The quantitative estimate of drug-likeness (QED) is 0.725. The number of amides is 1. The molecule has 0 heterocycles. The Kier molecular flexibility index (Phi) is 6.59. The molecule has 0 aliphatic heterocycles. The van der Waals surface area contributed by atoms with Gasteiger partial charge in [-0.3, -0.25) is 4.79 Å². The van der Waals surface area contributed by atoms with Crippen LogP contribution in [0.2, 0.25) is 0 Å². The Labute approximate surface area is 144 Å². The van der Waals surface area contributed by atoms with Crippen molar-refractivity contribution in [2.24, 2.45) is 0 Å². The van der Waals surface area contributed by atoms with Crippen LogP contribution in [0.5, 0.6) is 5.75 Å². The lowest BCUT2D eigenvalue weighted by Crippen LogP contribution is -2.36. The van der Waals surface area contributed by atoms with E-state index in [9.17, 15) is 9.18 Å². The molecule has 1 amide bonds. The number of halogens is 2. The van der Waals surface area contributed by atoms with E-state index in [4.69, 9.17) is 4.74 Å². The molecule has 122 valence electrons. The molecule has 0 aliphatic rings. The summed E-state index contributed by atoms with van der Waals surface area (Å²) in [5, 5.41) is 0. The number of ether oxygens (including phenoxy) is 1. The summed E-state index contributed by atoms with van der Waals surface area (Å²) in [6, 6.07) is 14.5. The van der Waals surface area contributed by atoms with Gasteiger partial charge in [0.15, 0.2) is 18.2 Å². The highest BCUT2D eigenvalue weighted by molar-refractivity contribution is 9.10. The van der Waals surface area contributed by atoms with E-state index in [0.717, 1.165) is 6.42 Å². The average Bonchev–Trinajstić information content (AvgIpc) is 2.55. The molecule has 0 atom stereocenters. The first kappa shape index (κ1) is 17.5. The van der Waals surface area contributed by atoms with Crippen molar-refractivity contribution in [3.8, 4) is 5.75 Å². The van der Waals surface area contributed by atoms with Crippen molar-refractivity contribution in [1.82, 2.24) is 4.90 Å². The Hall–Kier alpha value is -1.88. The maximum Gasteiger partial charge on any atom is 0.260 e. The van der Waals surface area contributed by atoms with Crippen molar-refractivity contribution >= 4 is 21.8 Å². The van der Waals surface area contributed by atoms with Crippen LogP contribution >= 0.6 is 15.9 Å². The number of carbonyl (C=O) groups is 1. The molecule has 2 aromatic carbocycles. The van der Waals surface area contributed by atoms with Gasteiger partial charge >= 0.3 is 0 Å². The highest BCUT2D eigenvalue weighted by Gasteiger charge is 2.13. The van der Waals surface area contributed by atoms with Crippen LogP contribution in [-0.4, -0.2) is 30.5 Å². The highest BCUT2D eigenvalue weighted by atomic mass is 79.9. The molecule has 0 fully saturated rings. The monoisotopic (exact) mass is 379 g/mol. The zero-order chi connectivity index (χ0) is 16.7. The van der Waals surface area contributed by atoms with Crippen LogP contribution in [0.15, 0.2) is 53.0 Å². The summed E-state index contributed by atoms with van der Waals surface area (Å²) in [6.45, 7) is 2.97. The average molecular weight is 380 g/mol. The van der Waals surface area contributed by atoms with Crippen LogP contribution in [-0.2, 0) is 11.2 Å². The molecule has 2 rings (SSSR count). The van der Waals surface area contributed by atoms with E-state index < -0.39 is 5.82 Å². The molecule has 23 heavy (non-hydrogen) atoms. The minimum atomic E-state index is -0.487. The predicted octanol–water partition coefficient (Wildman–Crippen LogP) is 4.06. The number of likely N-dealkylation sites (N-methyl/N-ethyl adjacent to an activating group) is 1. The Bertz CT molecular complexity index is 649. The van der Waals surface area contributed by atoms with Crippen molar-refractivity contribution in [2.75, 3.05) is 19.7 Å². The fourth-order valence-electron chi connectivity index (χ4n) is 2.19. The van der Waals surface area contributed by atoms with E-state index in [1.54, 1.807) is 11.0 Å². The third-order valence-electron chi connectivity index (χ3n) is 3.49. The minimum absolute atomic E-state index is 0.0839. The first-order chi connectivity index (χ1) is 11.1. The lowest BCUT2D eigenvalue weighted by Gasteiger charge is -2.21. The fraction of sp³-hybridized carbons (Fsp3) is 0.278. The van der Waals surface area contributed by atoms with Gasteiger partial charge in [0.25, 0.3) is 5.91 Å². The lowest BCUT2D eigenvalue weighted by atomic mass is 10.1. The number of rotatable bonds is 7. The van der Waals surface area contributed by atoms with Crippen molar-refractivity contribution in [3.63, 3.8) is 0 Å². The van der Waals surface area contributed by atoms with Crippen LogP contribution in [0.25, 0.3) is 0 Å². The Morgan fingerprint density at radius 1 is 1.22 bits per heavy atom. The summed E-state index contributed by atoms with van der Waals surface area (Å²) in [5.74, 6) is -0.550. The number of hydrogen-bond acceptors (Lipinski definition) is 2. The van der Waals surface area contributed by atoms with Gasteiger partial charge < -0.3 is 9.64 Å². The van der Waals surface area contributed by atoms with Crippen molar-refractivity contribution in [3.05, 3.63) is 64.4 Å². The largest absolute Gasteiger partial charge is 0.481 e. The summed E-state index contributed by atoms with van der Waals surface area (Å²) in [5.41, 5.74) is 1.18. The molecule has 0 saturated carbocycles. The third kappa shape index (κ3) is 5.36. The molecule has 3 nitrogen and oxygen atoms in total. The number of carbonyl (C=O) groups excluding carboxylic acids is 1. The first-order valence-corrected chi connectivity index (χ1v) is 8.29. The molecule has 0 N–H and O–H groups in total. The van der Waals surface area contributed by atoms with E-state index in [2.05, 4.69) is 15.9 Å². The minimum Gasteiger partial charge on any atom is -0.481 e. The Morgan fingerprint density at radius 3 is 2.61 bits per heavy atom. The van der Waals surface area contributed by atoms with Crippen molar-refractivity contribution < 1.29 is 13.9 Å². The molecule has 0 spiro atoms. The van der Waals surface area contributed by atoms with Gasteiger partial charge in [-0.25, -0.2) is 4.39 Å². The van der Waals surface area contributed by atoms with E-state index >= 15 is 0 Å². The SMILES string of the molecule is CCN(CCc1ccccc1)C(=O)COc1ccc(Br)cc1F. The molecular weight excluding hydrogens is 361 g/mol. The van der Waals surface area contributed by atoms with Gasteiger partial charge in [0.2, 0.25) is 0 Å². The zero-order valence-electron chi connectivity index (χ0n) is 13.0. The van der Waals surface area contributed by atoms with E-state index in [1.807, 2.05) is 37.3 Å². The summed E-state index contributed by atoms with van der Waals surface area (Å²) < 4.78 is 19.6. The second kappa shape index (κ2) is 8.67. The van der Waals surface area contributed by atoms with Gasteiger partial charge in [0.1, 0.15) is 0 Å². The van der Waals surface area contributed by atoms with E-state index in [1.165, 1.54) is 17.7 Å². The Morgan fingerprint density at radius 2 is 1.96 bits per heavy atom. The highest BCUT2D eigenvalue weighted by Crippen LogP contribution is 2.21. The summed E-state index contributed by atoms with van der Waals surface area (Å²) in [6.07, 6.45) is 0.785. The van der Waals surface area contributed by atoms with Gasteiger partial charge in [-0.1, -0.05) is 46.3 Å². The first-order valence-electron chi connectivity index (χ1n) is 7.49. The Balaban J connectivity index is 1.87. The van der Waals surface area contributed by atoms with Crippen molar-refractivity contribution in [1.29, 1.82) is 0 Å². The second-order valence-electron chi connectivity index (χ2n) is 5.07. The van der Waals surface area contributed by atoms with Crippen LogP contribution in [0.3, 0.4) is 0 Å². The molecule has 2 aromatic rings. The molecule has 0 unspecified atom stereocenters.